The molecule has 5 nitrogen and oxygen atoms in total. The van der Waals surface area contributed by atoms with Gasteiger partial charge in [0.2, 0.25) is 0 Å². The number of carbonyl (C=O) groups excluding carboxylic acids is 1. The van der Waals surface area contributed by atoms with E-state index in [0.29, 0.717) is 26.6 Å². The number of rotatable bonds is 6. The molecular formula is C23H25ClN2O3S. The Morgan fingerprint density at radius 2 is 2.00 bits per heavy atom. The normalized spacial score (nSPS) is 17.3. The maximum atomic E-state index is 12.4. The summed E-state index contributed by atoms with van der Waals surface area (Å²) in [5.41, 5.74) is 3.91. The summed E-state index contributed by atoms with van der Waals surface area (Å²) in [6.45, 7) is 8.10. The highest BCUT2D eigenvalue weighted by Gasteiger charge is 2.24. The first-order valence-electron chi connectivity index (χ1n) is 9.71. The molecule has 0 saturated carbocycles. The van der Waals surface area contributed by atoms with Gasteiger partial charge in [0.1, 0.15) is 0 Å². The van der Waals surface area contributed by atoms with Gasteiger partial charge in [-0.1, -0.05) is 24.6 Å². The molecule has 2 aromatic carbocycles. The number of nitrogens with one attached hydrogen (secondary N) is 1. The zero-order valence-corrected chi connectivity index (χ0v) is 19.3. The van der Waals surface area contributed by atoms with E-state index >= 15 is 0 Å². The Morgan fingerprint density at radius 3 is 2.67 bits per heavy atom. The minimum atomic E-state index is -0.197. The molecule has 1 N–H and O–H groups in total. The molecule has 0 aromatic heterocycles. The second-order valence-electron chi connectivity index (χ2n) is 7.12. The molecule has 0 aliphatic carbocycles. The van der Waals surface area contributed by atoms with Crippen LogP contribution < -0.4 is 14.8 Å². The average Bonchev–Trinajstić information content (AvgIpc) is 3.05. The summed E-state index contributed by atoms with van der Waals surface area (Å²) in [5, 5.41) is 3.80. The molecule has 0 radical (unpaired) electrons. The van der Waals surface area contributed by atoms with Crippen molar-refractivity contribution in [3.8, 4) is 11.5 Å². The molecule has 30 heavy (non-hydrogen) atoms. The third-order valence-electron chi connectivity index (χ3n) is 4.82. The Balaban J connectivity index is 1.86. The van der Waals surface area contributed by atoms with Crippen LogP contribution in [0.4, 0.5) is 5.69 Å². The van der Waals surface area contributed by atoms with Crippen LogP contribution in [0.2, 0.25) is 5.02 Å². The first-order valence-corrected chi connectivity index (χ1v) is 10.9. The predicted molar refractivity (Wildman–Crippen MR) is 125 cm³/mol. The zero-order valence-electron chi connectivity index (χ0n) is 17.7. The number of aryl methyl sites for hydroxylation is 2. The third-order valence-corrected chi connectivity index (χ3v) is 6.01. The number of benzene rings is 2. The van der Waals surface area contributed by atoms with Crippen LogP contribution in [0.5, 0.6) is 11.5 Å². The van der Waals surface area contributed by atoms with Crippen LogP contribution in [-0.2, 0) is 4.79 Å². The Hall–Kier alpha value is -2.44. The van der Waals surface area contributed by atoms with Gasteiger partial charge in [-0.25, -0.2) is 4.99 Å². The van der Waals surface area contributed by atoms with Gasteiger partial charge >= 0.3 is 0 Å². The van der Waals surface area contributed by atoms with Gasteiger partial charge in [0.05, 0.1) is 28.8 Å². The van der Waals surface area contributed by atoms with Crippen molar-refractivity contribution < 1.29 is 14.3 Å². The van der Waals surface area contributed by atoms with Gasteiger partial charge < -0.3 is 14.8 Å². The minimum absolute atomic E-state index is 0.0148. The molecule has 1 amide bonds. The summed E-state index contributed by atoms with van der Waals surface area (Å²) >= 11 is 7.73. The van der Waals surface area contributed by atoms with Crippen LogP contribution in [-0.4, -0.2) is 24.3 Å². The largest absolute Gasteiger partial charge is 0.493 e. The number of halogens is 1. The summed E-state index contributed by atoms with van der Waals surface area (Å²) in [6, 6.07) is 9.52. The zero-order chi connectivity index (χ0) is 21.8. The van der Waals surface area contributed by atoms with Crippen LogP contribution in [0, 0.1) is 13.8 Å². The SMILES string of the molecule is CCC(C)Oc1c(Cl)cc(C=C2SC(=Nc3ccc(C)c(C)c3)NC2=O)cc1OC. The molecule has 1 saturated heterocycles. The molecule has 158 valence electrons. The first-order chi connectivity index (χ1) is 14.3. The van der Waals surface area contributed by atoms with Crippen LogP contribution in [0.1, 0.15) is 37.0 Å². The lowest BCUT2D eigenvalue weighted by molar-refractivity contribution is -0.115. The van der Waals surface area contributed by atoms with Crippen molar-refractivity contribution >= 4 is 46.2 Å². The molecule has 0 spiro atoms. The van der Waals surface area contributed by atoms with E-state index in [1.807, 2.05) is 45.0 Å². The molecule has 1 heterocycles. The number of amides is 1. The van der Waals surface area contributed by atoms with Gasteiger partial charge in [0, 0.05) is 0 Å². The fraction of sp³-hybridized carbons (Fsp3) is 0.304. The molecule has 1 aliphatic heterocycles. The minimum Gasteiger partial charge on any atom is -0.493 e. The second kappa shape index (κ2) is 9.58. The average molecular weight is 445 g/mol. The monoisotopic (exact) mass is 444 g/mol. The van der Waals surface area contributed by atoms with Gasteiger partial charge in [0.15, 0.2) is 16.7 Å². The second-order valence-corrected chi connectivity index (χ2v) is 8.56. The van der Waals surface area contributed by atoms with Crippen molar-refractivity contribution in [3.05, 3.63) is 56.9 Å². The van der Waals surface area contributed by atoms with Gasteiger partial charge in [0.25, 0.3) is 5.91 Å². The number of hydrogen-bond acceptors (Lipinski definition) is 5. The lowest BCUT2D eigenvalue weighted by atomic mass is 10.1. The number of aliphatic imine (C=N–C) groups is 1. The fourth-order valence-electron chi connectivity index (χ4n) is 2.77. The van der Waals surface area contributed by atoms with Crippen molar-refractivity contribution in [1.82, 2.24) is 5.32 Å². The van der Waals surface area contributed by atoms with E-state index in [1.54, 1.807) is 19.3 Å². The molecule has 0 bridgehead atoms. The van der Waals surface area contributed by atoms with Crippen molar-refractivity contribution in [2.75, 3.05) is 7.11 Å². The molecule has 7 heteroatoms. The molecule has 1 unspecified atom stereocenters. The fourth-order valence-corrected chi connectivity index (χ4v) is 3.87. The Bertz CT molecular complexity index is 1030. The first kappa shape index (κ1) is 22.2. The summed E-state index contributed by atoms with van der Waals surface area (Å²) in [6.07, 6.45) is 2.63. The topological polar surface area (TPSA) is 59.9 Å². The van der Waals surface area contributed by atoms with Crippen LogP contribution in [0.15, 0.2) is 40.2 Å². The third kappa shape index (κ3) is 5.18. The highest BCUT2D eigenvalue weighted by molar-refractivity contribution is 8.18. The van der Waals surface area contributed by atoms with Crippen molar-refractivity contribution in [2.45, 2.75) is 40.2 Å². The van der Waals surface area contributed by atoms with Crippen molar-refractivity contribution in [1.29, 1.82) is 0 Å². The smallest absolute Gasteiger partial charge is 0.264 e. The molecule has 2 aromatic rings. The van der Waals surface area contributed by atoms with E-state index < -0.39 is 0 Å². The summed E-state index contributed by atoms with van der Waals surface area (Å²) in [4.78, 5) is 17.5. The van der Waals surface area contributed by atoms with E-state index in [4.69, 9.17) is 21.1 Å². The van der Waals surface area contributed by atoms with E-state index in [9.17, 15) is 4.79 Å². The van der Waals surface area contributed by atoms with Crippen LogP contribution in [0.25, 0.3) is 6.08 Å². The van der Waals surface area contributed by atoms with Crippen molar-refractivity contribution in [2.24, 2.45) is 4.99 Å². The highest BCUT2D eigenvalue weighted by Crippen LogP contribution is 2.39. The number of hydrogen-bond donors (Lipinski definition) is 1. The van der Waals surface area contributed by atoms with Gasteiger partial charge in [-0.2, -0.15) is 0 Å². The molecule has 1 atom stereocenters. The number of nitrogens with zero attached hydrogens (tertiary/aromatic N) is 1. The summed E-state index contributed by atoms with van der Waals surface area (Å²) < 4.78 is 11.3. The maximum Gasteiger partial charge on any atom is 0.264 e. The summed E-state index contributed by atoms with van der Waals surface area (Å²) in [5.74, 6) is 0.843. The number of methoxy groups -OCH3 is 1. The molecular weight excluding hydrogens is 420 g/mol. The van der Waals surface area contributed by atoms with Gasteiger partial charge in [-0.3, -0.25) is 4.79 Å². The predicted octanol–water partition coefficient (Wildman–Crippen LogP) is 6.03. The number of thioether (sulfide) groups is 1. The van der Waals surface area contributed by atoms with E-state index in [-0.39, 0.29) is 12.0 Å². The number of amidine groups is 1. The molecule has 3 rings (SSSR count). The van der Waals surface area contributed by atoms with Crippen molar-refractivity contribution in [3.63, 3.8) is 0 Å². The van der Waals surface area contributed by atoms with Gasteiger partial charge in [-0.05, 0) is 86.0 Å². The maximum absolute atomic E-state index is 12.4. The van der Waals surface area contributed by atoms with E-state index in [2.05, 4.69) is 17.2 Å². The molecule has 1 fully saturated rings. The Kier molecular flexibility index (Phi) is 7.10. The van der Waals surface area contributed by atoms with E-state index in [1.165, 1.54) is 17.3 Å². The Labute approximate surface area is 186 Å². The summed E-state index contributed by atoms with van der Waals surface area (Å²) in [7, 11) is 1.57. The standard InChI is InChI=1S/C23H25ClN2O3S/c1-6-15(4)29-21-18(24)10-16(11-19(21)28-5)12-20-22(27)26-23(30-20)25-17-8-7-13(2)14(3)9-17/h7-12,15H,6H2,1-5H3,(H,25,26,27). The lowest BCUT2D eigenvalue weighted by Crippen LogP contribution is -2.19. The van der Waals surface area contributed by atoms with E-state index in [0.717, 1.165) is 23.2 Å². The molecule has 1 aliphatic rings. The highest BCUT2D eigenvalue weighted by atomic mass is 35.5. The Morgan fingerprint density at radius 1 is 1.23 bits per heavy atom. The lowest BCUT2D eigenvalue weighted by Gasteiger charge is -2.17. The number of ether oxygens (including phenoxy) is 2. The van der Waals surface area contributed by atoms with Crippen LogP contribution in [0.3, 0.4) is 0 Å². The number of carbonyl (C=O) groups is 1. The quantitative estimate of drug-likeness (QED) is 0.552. The van der Waals surface area contributed by atoms with Crippen LogP contribution >= 0.6 is 23.4 Å². The van der Waals surface area contributed by atoms with Gasteiger partial charge in [-0.15, -0.1) is 0 Å².